The van der Waals surface area contributed by atoms with Crippen LogP contribution < -0.4 is 13.8 Å². The minimum absolute atomic E-state index is 0.258. The van der Waals surface area contributed by atoms with E-state index in [1.807, 2.05) is 60.6 Å². The van der Waals surface area contributed by atoms with Gasteiger partial charge in [-0.3, -0.25) is 4.31 Å². The van der Waals surface area contributed by atoms with E-state index < -0.39 is 6.04 Å². The molecule has 5 nitrogen and oxygen atoms in total. The lowest BCUT2D eigenvalue weighted by Crippen LogP contribution is -2.35. The molecule has 0 heterocycles. The molecular formula is C30H31NO4S2. The summed E-state index contributed by atoms with van der Waals surface area (Å²) in [6.07, 6.45) is 0. The van der Waals surface area contributed by atoms with Gasteiger partial charge in [-0.2, -0.15) is 0 Å². The molecule has 192 valence electrons. The van der Waals surface area contributed by atoms with Crippen LogP contribution >= 0.6 is 23.7 Å². The van der Waals surface area contributed by atoms with Gasteiger partial charge < -0.3 is 14.2 Å². The molecule has 0 spiro atoms. The zero-order valence-electron chi connectivity index (χ0n) is 21.5. The number of methoxy groups -OCH3 is 2. The summed E-state index contributed by atoms with van der Waals surface area (Å²) < 4.78 is 18.0. The van der Waals surface area contributed by atoms with Crippen LogP contribution in [-0.2, 0) is 15.3 Å². The van der Waals surface area contributed by atoms with Crippen LogP contribution in [-0.4, -0.2) is 32.8 Å². The zero-order chi connectivity index (χ0) is 26.2. The van der Waals surface area contributed by atoms with E-state index in [1.54, 1.807) is 26.0 Å². The van der Waals surface area contributed by atoms with E-state index >= 15 is 0 Å². The molecule has 1 unspecified atom stereocenters. The van der Waals surface area contributed by atoms with Crippen molar-refractivity contribution < 1.29 is 19.0 Å². The molecule has 4 aromatic rings. The van der Waals surface area contributed by atoms with Crippen LogP contribution in [0.5, 0.6) is 11.5 Å². The van der Waals surface area contributed by atoms with Crippen LogP contribution in [0.4, 0.5) is 5.69 Å². The molecule has 4 rings (SSSR count). The number of carbonyl (C=O) groups is 1. The molecule has 37 heavy (non-hydrogen) atoms. The highest BCUT2D eigenvalue weighted by Crippen LogP contribution is 2.39. The summed E-state index contributed by atoms with van der Waals surface area (Å²) in [6.45, 7) is 4.06. The van der Waals surface area contributed by atoms with E-state index in [2.05, 4.69) is 42.5 Å². The SMILES string of the molecule is CCOC(=O)C(C)N(Sc1ccc(OC)cc1)c1ccc(CSc2ccc(OC)cc2)c2ccccc12. The van der Waals surface area contributed by atoms with Gasteiger partial charge in [0.2, 0.25) is 0 Å². The molecule has 0 saturated heterocycles. The van der Waals surface area contributed by atoms with Crippen LogP contribution in [0.15, 0.2) is 94.7 Å². The lowest BCUT2D eigenvalue weighted by molar-refractivity contribution is -0.143. The molecule has 0 N–H and O–H groups in total. The second-order valence-corrected chi connectivity index (χ2v) is 10.4. The van der Waals surface area contributed by atoms with Crippen molar-refractivity contribution in [1.29, 1.82) is 0 Å². The van der Waals surface area contributed by atoms with E-state index in [1.165, 1.54) is 22.4 Å². The third kappa shape index (κ3) is 6.53. The molecule has 0 bridgehead atoms. The van der Waals surface area contributed by atoms with Crippen molar-refractivity contribution >= 4 is 46.1 Å². The predicted octanol–water partition coefficient (Wildman–Crippen LogP) is 7.61. The van der Waals surface area contributed by atoms with Gasteiger partial charge >= 0.3 is 5.97 Å². The quantitative estimate of drug-likeness (QED) is 0.112. The Morgan fingerprint density at radius 1 is 0.811 bits per heavy atom. The number of hydrogen-bond acceptors (Lipinski definition) is 7. The number of esters is 1. The summed E-state index contributed by atoms with van der Waals surface area (Å²) >= 11 is 3.30. The number of fused-ring (bicyclic) bond motifs is 1. The highest BCUT2D eigenvalue weighted by Gasteiger charge is 2.26. The highest BCUT2D eigenvalue weighted by molar-refractivity contribution is 8.00. The van der Waals surface area contributed by atoms with Crippen molar-refractivity contribution in [2.45, 2.75) is 35.4 Å². The van der Waals surface area contributed by atoms with Crippen LogP contribution in [0.2, 0.25) is 0 Å². The van der Waals surface area contributed by atoms with Crippen molar-refractivity contribution in [3.8, 4) is 11.5 Å². The highest BCUT2D eigenvalue weighted by atomic mass is 32.2. The zero-order valence-corrected chi connectivity index (χ0v) is 23.1. The van der Waals surface area contributed by atoms with E-state index in [4.69, 9.17) is 14.2 Å². The van der Waals surface area contributed by atoms with Gasteiger partial charge in [0.15, 0.2) is 0 Å². The average molecular weight is 534 g/mol. The van der Waals surface area contributed by atoms with E-state index in [0.29, 0.717) is 6.61 Å². The summed E-state index contributed by atoms with van der Waals surface area (Å²) in [5.74, 6) is 2.21. The van der Waals surface area contributed by atoms with Crippen LogP contribution in [0.3, 0.4) is 0 Å². The Morgan fingerprint density at radius 3 is 2.00 bits per heavy atom. The molecule has 0 amide bonds. The van der Waals surface area contributed by atoms with E-state index in [-0.39, 0.29) is 5.97 Å². The second-order valence-electron chi connectivity index (χ2n) is 8.27. The fourth-order valence-electron chi connectivity index (χ4n) is 3.94. The largest absolute Gasteiger partial charge is 0.497 e. The van der Waals surface area contributed by atoms with Gasteiger partial charge in [0.1, 0.15) is 17.5 Å². The molecule has 0 fully saturated rings. The van der Waals surface area contributed by atoms with Gasteiger partial charge in [0, 0.05) is 20.9 Å². The Kier molecular flexibility index (Phi) is 9.25. The lowest BCUT2D eigenvalue weighted by Gasteiger charge is -2.30. The normalized spacial score (nSPS) is 11.7. The number of nitrogens with zero attached hydrogens (tertiary/aromatic N) is 1. The van der Waals surface area contributed by atoms with Crippen LogP contribution in [0.25, 0.3) is 10.8 Å². The van der Waals surface area contributed by atoms with Crippen LogP contribution in [0.1, 0.15) is 19.4 Å². The summed E-state index contributed by atoms with van der Waals surface area (Å²) in [6, 6.07) is 28.1. The maximum Gasteiger partial charge on any atom is 0.329 e. The van der Waals surface area contributed by atoms with Gasteiger partial charge in [-0.25, -0.2) is 4.79 Å². The fraction of sp³-hybridized carbons (Fsp3) is 0.233. The van der Waals surface area contributed by atoms with Gasteiger partial charge in [0.05, 0.1) is 26.5 Å². The minimum Gasteiger partial charge on any atom is -0.497 e. The molecule has 0 aromatic heterocycles. The summed E-state index contributed by atoms with van der Waals surface area (Å²) in [5, 5.41) is 2.25. The Bertz CT molecular complexity index is 1330. The van der Waals surface area contributed by atoms with Crippen molar-refractivity contribution in [3.05, 3.63) is 90.5 Å². The number of carbonyl (C=O) groups excluding carboxylic acids is 1. The summed E-state index contributed by atoms with van der Waals surface area (Å²) in [4.78, 5) is 15.0. The number of benzene rings is 4. The number of anilines is 1. The first kappa shape index (κ1) is 26.8. The Balaban J connectivity index is 1.68. The van der Waals surface area contributed by atoms with Gasteiger partial charge in [-0.1, -0.05) is 30.3 Å². The first-order chi connectivity index (χ1) is 18.0. The van der Waals surface area contributed by atoms with E-state index in [0.717, 1.165) is 38.6 Å². The fourth-order valence-corrected chi connectivity index (χ4v) is 5.83. The Labute approximate surface area is 227 Å². The smallest absolute Gasteiger partial charge is 0.329 e. The maximum absolute atomic E-state index is 12.8. The van der Waals surface area contributed by atoms with E-state index in [9.17, 15) is 4.79 Å². The maximum atomic E-state index is 12.8. The molecule has 0 aliphatic heterocycles. The Morgan fingerprint density at radius 2 is 1.41 bits per heavy atom. The third-order valence-electron chi connectivity index (χ3n) is 5.93. The van der Waals surface area contributed by atoms with Crippen molar-refractivity contribution in [2.75, 3.05) is 25.1 Å². The molecular weight excluding hydrogens is 502 g/mol. The van der Waals surface area contributed by atoms with Crippen molar-refractivity contribution in [1.82, 2.24) is 0 Å². The predicted molar refractivity (Wildman–Crippen MR) is 154 cm³/mol. The number of hydrogen-bond donors (Lipinski definition) is 0. The number of rotatable bonds is 11. The topological polar surface area (TPSA) is 48.0 Å². The number of ether oxygens (including phenoxy) is 3. The van der Waals surface area contributed by atoms with Crippen molar-refractivity contribution in [2.24, 2.45) is 0 Å². The standard InChI is InChI=1S/C30H31NO4S2/c1-5-35-30(32)21(2)31(37-26-17-13-24(34-4)14-18-26)29-19-10-22(27-8-6-7-9-28(27)29)20-36-25-15-11-23(33-3)12-16-25/h6-19,21H,5,20H2,1-4H3. The monoisotopic (exact) mass is 533 g/mol. The van der Waals surface area contributed by atoms with Crippen LogP contribution in [0, 0.1) is 0 Å². The molecule has 1 atom stereocenters. The van der Waals surface area contributed by atoms with Gasteiger partial charge in [-0.05, 0) is 91.3 Å². The number of thioether (sulfide) groups is 1. The first-order valence-electron chi connectivity index (χ1n) is 12.1. The average Bonchev–Trinajstić information content (AvgIpc) is 2.95. The van der Waals surface area contributed by atoms with Gasteiger partial charge in [0.25, 0.3) is 0 Å². The molecule has 0 aliphatic rings. The summed E-state index contributed by atoms with van der Waals surface area (Å²) in [5.41, 5.74) is 2.20. The molecule has 4 aromatic carbocycles. The van der Waals surface area contributed by atoms with Crippen molar-refractivity contribution in [3.63, 3.8) is 0 Å². The van der Waals surface area contributed by atoms with Gasteiger partial charge in [-0.15, -0.1) is 11.8 Å². The Hall–Kier alpha value is -3.29. The first-order valence-corrected chi connectivity index (χ1v) is 13.8. The minimum atomic E-state index is -0.491. The third-order valence-corrected chi connectivity index (χ3v) is 8.18. The molecule has 0 saturated carbocycles. The summed E-state index contributed by atoms with van der Waals surface area (Å²) in [7, 11) is 3.33. The molecule has 7 heteroatoms. The second kappa shape index (κ2) is 12.8. The molecule has 0 radical (unpaired) electrons. The lowest BCUT2D eigenvalue weighted by atomic mass is 10.0. The molecule has 0 aliphatic carbocycles.